The Hall–Kier alpha value is -2.77. The van der Waals surface area contributed by atoms with E-state index < -0.39 is 17.7 Å². The molecule has 1 saturated heterocycles. The molecule has 1 fully saturated rings. The van der Waals surface area contributed by atoms with Gasteiger partial charge in [-0.05, 0) is 57.4 Å². The molecule has 1 aliphatic rings. The number of Topliss-reactive ketones (excluding diaryl/α,β-unsaturated/α-hetero) is 1. The van der Waals surface area contributed by atoms with Gasteiger partial charge in [-0.15, -0.1) is 0 Å². The van der Waals surface area contributed by atoms with Gasteiger partial charge in [0.2, 0.25) is 0 Å². The van der Waals surface area contributed by atoms with Crippen LogP contribution in [0.1, 0.15) is 23.8 Å². The molecule has 1 aliphatic heterocycles. The quantitative estimate of drug-likeness (QED) is 0.422. The Morgan fingerprint density at radius 2 is 2.07 bits per heavy atom. The summed E-state index contributed by atoms with van der Waals surface area (Å²) in [4.78, 5) is 29.1. The van der Waals surface area contributed by atoms with Crippen LogP contribution < -0.4 is 4.74 Å². The van der Waals surface area contributed by atoms with Crippen LogP contribution in [0.5, 0.6) is 5.75 Å². The molecule has 8 heteroatoms. The van der Waals surface area contributed by atoms with E-state index in [9.17, 15) is 14.7 Å². The topological polar surface area (TPSA) is 83.2 Å². The Labute approximate surface area is 174 Å². The Bertz CT molecular complexity index is 937. The Balaban J connectivity index is 2.09. The molecule has 7 nitrogen and oxygen atoms in total. The lowest BCUT2D eigenvalue weighted by atomic mass is 9.99. The lowest BCUT2D eigenvalue weighted by Gasteiger charge is -2.24. The average Bonchev–Trinajstić information content (AvgIpc) is 3.30. The van der Waals surface area contributed by atoms with Crippen molar-refractivity contribution < 1.29 is 23.8 Å². The fourth-order valence-corrected chi connectivity index (χ4v) is 3.58. The van der Waals surface area contributed by atoms with Crippen molar-refractivity contribution in [1.82, 2.24) is 9.80 Å². The molecule has 0 bridgehead atoms. The largest absolute Gasteiger partial charge is 0.507 e. The average molecular weight is 419 g/mol. The van der Waals surface area contributed by atoms with Crippen LogP contribution >= 0.6 is 11.6 Å². The normalized spacial score (nSPS) is 18.7. The highest BCUT2D eigenvalue weighted by atomic mass is 35.5. The molecule has 0 radical (unpaired) electrons. The molecule has 1 atom stereocenters. The number of hydrogen-bond acceptors (Lipinski definition) is 6. The van der Waals surface area contributed by atoms with Gasteiger partial charge in [-0.2, -0.15) is 0 Å². The highest BCUT2D eigenvalue weighted by Gasteiger charge is 2.47. The van der Waals surface area contributed by atoms with Crippen LogP contribution in [0.15, 0.2) is 46.6 Å². The SMILES string of the molecule is COc1ccc(Cl)c(/C(O)=C2/C(=O)C(=O)N(CCCN(C)C)C2c2ccco2)c1. The lowest BCUT2D eigenvalue weighted by molar-refractivity contribution is -0.140. The molecule has 2 aromatic rings. The Morgan fingerprint density at radius 3 is 2.69 bits per heavy atom. The minimum absolute atomic E-state index is 0.0510. The van der Waals surface area contributed by atoms with E-state index in [-0.39, 0.29) is 21.9 Å². The molecular weight excluding hydrogens is 396 g/mol. The number of hydrogen-bond donors (Lipinski definition) is 1. The van der Waals surface area contributed by atoms with Crippen molar-refractivity contribution in [2.24, 2.45) is 0 Å². The number of aliphatic hydroxyl groups is 1. The van der Waals surface area contributed by atoms with Crippen molar-refractivity contribution in [1.29, 1.82) is 0 Å². The third-order valence-corrected chi connectivity index (χ3v) is 5.12. The van der Waals surface area contributed by atoms with Crippen LogP contribution in [0.3, 0.4) is 0 Å². The van der Waals surface area contributed by atoms with Gasteiger partial charge in [0.25, 0.3) is 11.7 Å². The monoisotopic (exact) mass is 418 g/mol. The zero-order valence-electron chi connectivity index (χ0n) is 16.5. The molecule has 0 saturated carbocycles. The smallest absolute Gasteiger partial charge is 0.295 e. The van der Waals surface area contributed by atoms with E-state index >= 15 is 0 Å². The number of halogens is 1. The second-order valence-electron chi connectivity index (χ2n) is 7.01. The molecule has 29 heavy (non-hydrogen) atoms. The number of carbonyl (C=O) groups is 2. The molecule has 1 amide bonds. The Kier molecular flexibility index (Phi) is 6.30. The van der Waals surface area contributed by atoms with Gasteiger partial charge < -0.3 is 24.1 Å². The summed E-state index contributed by atoms with van der Waals surface area (Å²) in [6.07, 6.45) is 2.13. The number of furan rings is 1. The van der Waals surface area contributed by atoms with Crippen LogP contribution in [0, 0.1) is 0 Å². The van der Waals surface area contributed by atoms with Crippen LogP contribution in [-0.2, 0) is 9.59 Å². The number of aliphatic hydroxyl groups excluding tert-OH is 1. The lowest BCUT2D eigenvalue weighted by Crippen LogP contribution is -2.32. The molecule has 1 aromatic heterocycles. The molecule has 0 aliphatic carbocycles. The van der Waals surface area contributed by atoms with Crippen LogP contribution in [0.25, 0.3) is 5.76 Å². The number of nitrogens with zero attached hydrogens (tertiary/aromatic N) is 2. The summed E-state index contributed by atoms with van der Waals surface area (Å²) in [6.45, 7) is 1.09. The number of amides is 1. The Morgan fingerprint density at radius 1 is 1.31 bits per heavy atom. The van der Waals surface area contributed by atoms with Crippen molar-refractivity contribution in [2.75, 3.05) is 34.3 Å². The van der Waals surface area contributed by atoms with E-state index in [0.29, 0.717) is 24.5 Å². The molecule has 1 aromatic carbocycles. The fourth-order valence-electron chi connectivity index (χ4n) is 3.37. The minimum Gasteiger partial charge on any atom is -0.507 e. The van der Waals surface area contributed by atoms with Crippen molar-refractivity contribution >= 4 is 29.1 Å². The molecule has 3 rings (SSSR count). The van der Waals surface area contributed by atoms with Crippen LogP contribution in [0.2, 0.25) is 5.02 Å². The summed E-state index contributed by atoms with van der Waals surface area (Å²) in [6, 6.07) is 7.25. The summed E-state index contributed by atoms with van der Waals surface area (Å²) in [5.74, 6) is -0.942. The van der Waals surface area contributed by atoms with Gasteiger partial charge in [-0.3, -0.25) is 9.59 Å². The zero-order valence-corrected chi connectivity index (χ0v) is 17.3. The first-order valence-corrected chi connectivity index (χ1v) is 9.53. The van der Waals surface area contributed by atoms with Gasteiger partial charge in [-0.1, -0.05) is 11.6 Å². The maximum Gasteiger partial charge on any atom is 0.295 e. The summed E-state index contributed by atoms with van der Waals surface area (Å²) in [7, 11) is 5.35. The summed E-state index contributed by atoms with van der Waals surface area (Å²) < 4.78 is 10.7. The molecule has 1 unspecified atom stereocenters. The van der Waals surface area contributed by atoms with E-state index in [2.05, 4.69) is 0 Å². The van der Waals surface area contributed by atoms with Gasteiger partial charge in [-0.25, -0.2) is 0 Å². The van der Waals surface area contributed by atoms with Crippen molar-refractivity contribution in [3.05, 3.63) is 58.5 Å². The van der Waals surface area contributed by atoms with Gasteiger partial charge in [0.05, 0.1) is 24.0 Å². The number of carbonyl (C=O) groups excluding carboxylic acids is 2. The highest BCUT2D eigenvalue weighted by molar-refractivity contribution is 6.46. The van der Waals surface area contributed by atoms with E-state index in [1.807, 2.05) is 19.0 Å². The predicted molar refractivity (Wildman–Crippen MR) is 109 cm³/mol. The number of methoxy groups -OCH3 is 1. The van der Waals surface area contributed by atoms with Crippen molar-refractivity contribution in [2.45, 2.75) is 12.5 Å². The third kappa shape index (κ3) is 4.16. The second kappa shape index (κ2) is 8.71. The van der Waals surface area contributed by atoms with Gasteiger partial charge >= 0.3 is 0 Å². The van der Waals surface area contributed by atoms with Gasteiger partial charge in [0, 0.05) is 12.1 Å². The first-order chi connectivity index (χ1) is 13.8. The summed E-state index contributed by atoms with van der Waals surface area (Å²) >= 11 is 6.25. The van der Waals surface area contributed by atoms with Crippen molar-refractivity contribution in [3.8, 4) is 5.75 Å². The summed E-state index contributed by atoms with van der Waals surface area (Å²) in [5, 5.41) is 11.2. The standard InChI is InChI=1S/C21H23ClN2O5/c1-23(2)9-5-10-24-18(16-6-4-11-29-16)17(20(26)21(24)27)19(25)14-12-13(28-3)7-8-15(14)22/h4,6-8,11-12,18,25H,5,9-10H2,1-3H3/b19-17-. The number of ketones is 1. The second-order valence-corrected chi connectivity index (χ2v) is 7.42. The summed E-state index contributed by atoms with van der Waals surface area (Å²) in [5.41, 5.74) is 0.166. The molecule has 1 N–H and O–H groups in total. The van der Waals surface area contributed by atoms with E-state index in [4.69, 9.17) is 20.8 Å². The number of rotatable bonds is 7. The van der Waals surface area contributed by atoms with Gasteiger partial charge in [0.1, 0.15) is 23.3 Å². The number of ether oxygens (including phenoxy) is 1. The number of benzene rings is 1. The van der Waals surface area contributed by atoms with E-state index in [1.54, 1.807) is 24.3 Å². The third-order valence-electron chi connectivity index (χ3n) is 4.79. The highest BCUT2D eigenvalue weighted by Crippen LogP contribution is 2.41. The fraction of sp³-hybridized carbons (Fsp3) is 0.333. The van der Waals surface area contributed by atoms with Gasteiger partial charge in [0.15, 0.2) is 0 Å². The number of likely N-dealkylation sites (tertiary alicyclic amines) is 1. The van der Waals surface area contributed by atoms with E-state index in [1.165, 1.54) is 24.3 Å². The molecule has 154 valence electrons. The zero-order chi connectivity index (χ0) is 21.1. The van der Waals surface area contributed by atoms with Crippen LogP contribution in [0.4, 0.5) is 0 Å². The maximum atomic E-state index is 12.9. The van der Waals surface area contributed by atoms with Crippen LogP contribution in [-0.4, -0.2) is 60.9 Å². The maximum absolute atomic E-state index is 12.9. The first kappa shape index (κ1) is 21.0. The molecule has 0 spiro atoms. The molecule has 2 heterocycles. The predicted octanol–water partition coefficient (Wildman–Crippen LogP) is 3.32. The van der Waals surface area contributed by atoms with E-state index in [0.717, 1.165) is 6.54 Å². The first-order valence-electron chi connectivity index (χ1n) is 9.15. The van der Waals surface area contributed by atoms with Crippen molar-refractivity contribution in [3.63, 3.8) is 0 Å². The molecular formula is C21H23ClN2O5. The minimum atomic E-state index is -0.825.